The Balaban J connectivity index is 2.86. The van der Waals surface area contributed by atoms with Gasteiger partial charge in [-0.15, -0.1) is 0 Å². The molecule has 1 rings (SSSR count). The normalized spacial score (nSPS) is 10.1. The molecule has 1 aromatic carbocycles. The molecule has 0 atom stereocenters. The van der Waals surface area contributed by atoms with Crippen LogP contribution in [0.25, 0.3) is 0 Å². The van der Waals surface area contributed by atoms with Gasteiger partial charge >= 0.3 is 5.97 Å². The smallest absolute Gasteiger partial charge is 0.305 e. The van der Waals surface area contributed by atoms with Gasteiger partial charge in [0.1, 0.15) is 5.75 Å². The van der Waals surface area contributed by atoms with Crippen LogP contribution in [0.5, 0.6) is 5.75 Å². The minimum absolute atomic E-state index is 0.0472. The first-order valence-electron chi connectivity index (χ1n) is 6.34. The fourth-order valence-electron chi connectivity index (χ4n) is 1.86. The molecule has 0 N–H and O–H groups in total. The first-order valence-corrected chi connectivity index (χ1v) is 6.34. The average molecular weight is 264 g/mol. The molecule has 0 spiro atoms. The molecule has 4 nitrogen and oxygen atoms in total. The van der Waals surface area contributed by atoms with Crippen LogP contribution >= 0.6 is 0 Å². The third-order valence-corrected chi connectivity index (χ3v) is 3.12. The van der Waals surface area contributed by atoms with Gasteiger partial charge in [0.2, 0.25) is 0 Å². The van der Waals surface area contributed by atoms with E-state index >= 15 is 0 Å². The van der Waals surface area contributed by atoms with Crippen molar-refractivity contribution in [3.05, 3.63) is 28.8 Å². The summed E-state index contributed by atoms with van der Waals surface area (Å²) in [6, 6.07) is 3.56. The Kier molecular flexibility index (Phi) is 5.55. The van der Waals surface area contributed by atoms with Crippen molar-refractivity contribution in [2.75, 3.05) is 13.7 Å². The van der Waals surface area contributed by atoms with E-state index in [1.165, 1.54) is 7.11 Å². The summed E-state index contributed by atoms with van der Waals surface area (Å²) in [5.74, 6) is 0.382. The topological polar surface area (TPSA) is 52.6 Å². The van der Waals surface area contributed by atoms with E-state index in [2.05, 4.69) is 4.74 Å². The lowest BCUT2D eigenvalue weighted by Gasteiger charge is -2.12. The van der Waals surface area contributed by atoms with Crippen LogP contribution in [-0.4, -0.2) is 25.5 Å². The molecule has 1 aromatic rings. The fourth-order valence-corrected chi connectivity index (χ4v) is 1.86. The summed E-state index contributed by atoms with van der Waals surface area (Å²) in [5, 5.41) is 0. The quantitative estimate of drug-likeness (QED) is 0.585. The van der Waals surface area contributed by atoms with Crippen LogP contribution in [0.3, 0.4) is 0 Å². The number of carbonyl (C=O) groups is 2. The van der Waals surface area contributed by atoms with Gasteiger partial charge in [-0.25, -0.2) is 0 Å². The third-order valence-electron chi connectivity index (χ3n) is 3.12. The molecule has 0 amide bonds. The van der Waals surface area contributed by atoms with Crippen LogP contribution in [0.4, 0.5) is 0 Å². The molecule has 0 saturated heterocycles. The van der Waals surface area contributed by atoms with Crippen molar-refractivity contribution in [2.24, 2.45) is 0 Å². The second kappa shape index (κ2) is 6.92. The van der Waals surface area contributed by atoms with Crippen molar-refractivity contribution < 1.29 is 19.1 Å². The zero-order valence-electron chi connectivity index (χ0n) is 11.9. The van der Waals surface area contributed by atoms with Gasteiger partial charge in [-0.3, -0.25) is 9.59 Å². The second-order valence-corrected chi connectivity index (χ2v) is 4.29. The molecule has 19 heavy (non-hydrogen) atoms. The highest BCUT2D eigenvalue weighted by atomic mass is 16.5. The van der Waals surface area contributed by atoms with E-state index in [0.717, 1.165) is 16.9 Å². The van der Waals surface area contributed by atoms with Gasteiger partial charge in [0.25, 0.3) is 0 Å². The number of hydrogen-bond donors (Lipinski definition) is 0. The van der Waals surface area contributed by atoms with Gasteiger partial charge < -0.3 is 9.47 Å². The maximum Gasteiger partial charge on any atom is 0.305 e. The van der Waals surface area contributed by atoms with Gasteiger partial charge in [-0.1, -0.05) is 0 Å². The molecule has 0 aliphatic carbocycles. The van der Waals surface area contributed by atoms with Gasteiger partial charge in [0.15, 0.2) is 5.78 Å². The van der Waals surface area contributed by atoms with Crippen molar-refractivity contribution in [1.82, 2.24) is 0 Å². The van der Waals surface area contributed by atoms with Gasteiger partial charge in [-0.2, -0.15) is 0 Å². The Labute approximate surface area is 113 Å². The molecule has 0 saturated carbocycles. The minimum Gasteiger partial charge on any atom is -0.494 e. The van der Waals surface area contributed by atoms with Crippen LogP contribution in [-0.2, 0) is 9.53 Å². The predicted octanol–water partition coefficient (Wildman–Crippen LogP) is 2.84. The van der Waals surface area contributed by atoms with E-state index < -0.39 is 0 Å². The number of ether oxygens (including phenoxy) is 2. The van der Waals surface area contributed by atoms with E-state index in [-0.39, 0.29) is 24.6 Å². The molecule has 0 aromatic heterocycles. The first kappa shape index (κ1) is 15.2. The Hall–Kier alpha value is -1.84. The molecule has 0 heterocycles. The summed E-state index contributed by atoms with van der Waals surface area (Å²) in [4.78, 5) is 23.1. The third kappa shape index (κ3) is 3.81. The van der Waals surface area contributed by atoms with Crippen LogP contribution in [0.2, 0.25) is 0 Å². The molecule has 0 radical (unpaired) electrons. The Morgan fingerprint density at radius 2 is 1.79 bits per heavy atom. The maximum absolute atomic E-state index is 12.1. The number of esters is 1. The summed E-state index contributed by atoms with van der Waals surface area (Å²) in [5.41, 5.74) is 2.51. The van der Waals surface area contributed by atoms with Crippen LogP contribution in [0, 0.1) is 13.8 Å². The molecule has 0 aliphatic heterocycles. The molecule has 0 bridgehead atoms. The molecular weight excluding hydrogens is 244 g/mol. The Morgan fingerprint density at radius 1 is 1.11 bits per heavy atom. The number of hydrogen-bond acceptors (Lipinski definition) is 4. The summed E-state index contributed by atoms with van der Waals surface area (Å²) >= 11 is 0. The van der Waals surface area contributed by atoms with Crippen LogP contribution < -0.4 is 4.74 Å². The standard InChI is InChI=1S/C15H20O4/c1-5-19-14-8-6-12(10(2)11(14)3)13(16)7-9-15(17)18-4/h6,8H,5,7,9H2,1-4H3. The zero-order valence-corrected chi connectivity index (χ0v) is 11.9. The average Bonchev–Trinajstić information content (AvgIpc) is 2.41. The van der Waals surface area contributed by atoms with Crippen molar-refractivity contribution in [3.63, 3.8) is 0 Å². The SMILES string of the molecule is CCOc1ccc(C(=O)CCC(=O)OC)c(C)c1C. The summed E-state index contributed by atoms with van der Waals surface area (Å²) in [6.07, 6.45) is 0.280. The monoisotopic (exact) mass is 264 g/mol. The highest BCUT2D eigenvalue weighted by molar-refractivity contribution is 5.99. The van der Waals surface area contributed by atoms with Gasteiger partial charge in [0, 0.05) is 12.0 Å². The Morgan fingerprint density at radius 3 is 2.37 bits per heavy atom. The van der Waals surface area contributed by atoms with Crippen molar-refractivity contribution >= 4 is 11.8 Å². The fraction of sp³-hybridized carbons (Fsp3) is 0.467. The van der Waals surface area contributed by atoms with Crippen LogP contribution in [0.15, 0.2) is 12.1 Å². The maximum atomic E-state index is 12.1. The lowest BCUT2D eigenvalue weighted by Crippen LogP contribution is -2.08. The summed E-state index contributed by atoms with van der Waals surface area (Å²) in [6.45, 7) is 6.33. The van der Waals surface area contributed by atoms with Crippen molar-refractivity contribution in [3.8, 4) is 5.75 Å². The summed E-state index contributed by atoms with van der Waals surface area (Å²) in [7, 11) is 1.32. The zero-order chi connectivity index (χ0) is 14.4. The number of Topliss-reactive ketones (excluding diaryl/α,β-unsaturated/α-hetero) is 1. The van der Waals surface area contributed by atoms with E-state index in [9.17, 15) is 9.59 Å². The summed E-state index contributed by atoms with van der Waals surface area (Å²) < 4.78 is 10.0. The number of rotatable bonds is 6. The van der Waals surface area contributed by atoms with E-state index in [4.69, 9.17) is 4.74 Å². The number of benzene rings is 1. The van der Waals surface area contributed by atoms with Crippen molar-refractivity contribution in [2.45, 2.75) is 33.6 Å². The van der Waals surface area contributed by atoms with E-state index in [1.807, 2.05) is 20.8 Å². The molecule has 4 heteroatoms. The van der Waals surface area contributed by atoms with Gasteiger partial charge in [0.05, 0.1) is 20.1 Å². The molecule has 0 unspecified atom stereocenters. The predicted molar refractivity (Wildman–Crippen MR) is 72.7 cm³/mol. The second-order valence-electron chi connectivity index (χ2n) is 4.29. The number of ketones is 1. The number of carbonyl (C=O) groups excluding carboxylic acids is 2. The number of methoxy groups -OCH3 is 1. The molecule has 0 fully saturated rings. The molecular formula is C15H20O4. The van der Waals surface area contributed by atoms with Gasteiger partial charge in [-0.05, 0) is 44.0 Å². The van der Waals surface area contributed by atoms with E-state index in [1.54, 1.807) is 12.1 Å². The minimum atomic E-state index is -0.367. The Bertz CT molecular complexity index is 477. The molecule has 104 valence electrons. The van der Waals surface area contributed by atoms with E-state index in [0.29, 0.717) is 12.2 Å². The lowest BCUT2D eigenvalue weighted by molar-refractivity contribution is -0.140. The van der Waals surface area contributed by atoms with Crippen molar-refractivity contribution in [1.29, 1.82) is 0 Å². The highest BCUT2D eigenvalue weighted by Crippen LogP contribution is 2.25. The lowest BCUT2D eigenvalue weighted by atomic mass is 9.97. The first-order chi connectivity index (χ1) is 9.01. The highest BCUT2D eigenvalue weighted by Gasteiger charge is 2.14. The van der Waals surface area contributed by atoms with Crippen LogP contribution in [0.1, 0.15) is 41.3 Å². The molecule has 0 aliphatic rings. The largest absolute Gasteiger partial charge is 0.494 e.